The first-order valence-corrected chi connectivity index (χ1v) is 6.00. The maximum absolute atomic E-state index is 9.16. The van der Waals surface area contributed by atoms with Gasteiger partial charge in [-0.1, -0.05) is 12.1 Å². The summed E-state index contributed by atoms with van der Waals surface area (Å²) in [6, 6.07) is 7.93. The lowest BCUT2D eigenvalue weighted by molar-refractivity contribution is -0.0972. The van der Waals surface area contributed by atoms with Crippen molar-refractivity contribution in [3.05, 3.63) is 29.8 Å². The van der Waals surface area contributed by atoms with E-state index in [1.807, 2.05) is 31.2 Å². The molecule has 1 fully saturated rings. The molecule has 3 N–H and O–H groups in total. The molecule has 1 aromatic carbocycles. The minimum atomic E-state index is -0.0625. The number of hydrogen-bond donors (Lipinski definition) is 2. The molecule has 0 bridgehead atoms. The van der Waals surface area contributed by atoms with Gasteiger partial charge in [-0.05, 0) is 24.6 Å². The summed E-state index contributed by atoms with van der Waals surface area (Å²) < 4.78 is 5.61. The standard InChI is InChI=1S/C13H20N2O2/c1-10-6-15(8-13(9-16)17-10)7-11-2-4-12(14)5-3-11/h2-5,10,13,16H,6-9,14H2,1H3. The van der Waals surface area contributed by atoms with Crippen LogP contribution in [0, 0.1) is 0 Å². The molecular weight excluding hydrogens is 216 g/mol. The molecule has 0 aromatic heterocycles. The van der Waals surface area contributed by atoms with Gasteiger partial charge < -0.3 is 15.6 Å². The Morgan fingerprint density at radius 3 is 2.71 bits per heavy atom. The Bertz CT molecular complexity index is 353. The Morgan fingerprint density at radius 1 is 1.35 bits per heavy atom. The Kier molecular flexibility index (Phi) is 3.99. The van der Waals surface area contributed by atoms with E-state index in [-0.39, 0.29) is 18.8 Å². The van der Waals surface area contributed by atoms with E-state index >= 15 is 0 Å². The molecule has 1 aliphatic heterocycles. The highest BCUT2D eigenvalue weighted by Gasteiger charge is 2.24. The number of aliphatic hydroxyl groups excluding tert-OH is 1. The number of hydrogen-bond acceptors (Lipinski definition) is 4. The van der Waals surface area contributed by atoms with Gasteiger partial charge in [0.1, 0.15) is 0 Å². The summed E-state index contributed by atoms with van der Waals surface area (Å²) in [7, 11) is 0. The van der Waals surface area contributed by atoms with Gasteiger partial charge in [0.25, 0.3) is 0 Å². The molecule has 1 aliphatic rings. The first-order chi connectivity index (χ1) is 8.17. The topological polar surface area (TPSA) is 58.7 Å². The third-order valence-corrected chi connectivity index (χ3v) is 2.99. The van der Waals surface area contributed by atoms with Gasteiger partial charge in [-0.2, -0.15) is 0 Å². The third kappa shape index (κ3) is 3.43. The molecule has 2 atom stereocenters. The number of anilines is 1. The van der Waals surface area contributed by atoms with Crippen LogP contribution in [0.1, 0.15) is 12.5 Å². The zero-order valence-corrected chi connectivity index (χ0v) is 10.2. The summed E-state index contributed by atoms with van der Waals surface area (Å²) in [5.41, 5.74) is 7.69. The van der Waals surface area contributed by atoms with Crippen LogP contribution in [0.15, 0.2) is 24.3 Å². The van der Waals surface area contributed by atoms with Crippen LogP contribution >= 0.6 is 0 Å². The molecule has 0 radical (unpaired) electrons. The van der Waals surface area contributed by atoms with Crippen LogP contribution < -0.4 is 5.73 Å². The Hall–Kier alpha value is -1.10. The number of aliphatic hydroxyl groups is 1. The number of benzene rings is 1. The molecule has 0 saturated carbocycles. The highest BCUT2D eigenvalue weighted by Crippen LogP contribution is 2.15. The van der Waals surface area contributed by atoms with E-state index in [1.54, 1.807) is 0 Å². The molecule has 0 amide bonds. The summed E-state index contributed by atoms with van der Waals surface area (Å²) >= 11 is 0. The zero-order chi connectivity index (χ0) is 12.3. The number of rotatable bonds is 3. The lowest BCUT2D eigenvalue weighted by Gasteiger charge is -2.36. The zero-order valence-electron chi connectivity index (χ0n) is 10.2. The van der Waals surface area contributed by atoms with E-state index in [1.165, 1.54) is 5.56 Å². The van der Waals surface area contributed by atoms with Crippen LogP contribution in [0.3, 0.4) is 0 Å². The number of morpholine rings is 1. The molecule has 1 saturated heterocycles. The fourth-order valence-corrected chi connectivity index (χ4v) is 2.25. The minimum absolute atomic E-state index is 0.0625. The fraction of sp³-hybridized carbons (Fsp3) is 0.538. The molecule has 2 unspecified atom stereocenters. The van der Waals surface area contributed by atoms with E-state index in [0.717, 1.165) is 25.3 Å². The second kappa shape index (κ2) is 5.49. The second-order valence-electron chi connectivity index (χ2n) is 4.69. The predicted molar refractivity (Wildman–Crippen MR) is 67.6 cm³/mol. The first-order valence-electron chi connectivity index (χ1n) is 6.00. The van der Waals surface area contributed by atoms with Gasteiger partial charge in [-0.15, -0.1) is 0 Å². The number of nitrogens with zero attached hydrogens (tertiary/aromatic N) is 1. The van der Waals surface area contributed by atoms with E-state index in [4.69, 9.17) is 15.6 Å². The number of nitrogen functional groups attached to an aromatic ring is 1. The maximum Gasteiger partial charge on any atom is 0.0936 e. The van der Waals surface area contributed by atoms with Crippen molar-refractivity contribution in [2.24, 2.45) is 0 Å². The normalized spacial score (nSPS) is 26.0. The molecule has 4 heteroatoms. The van der Waals surface area contributed by atoms with Gasteiger partial charge in [0.05, 0.1) is 18.8 Å². The van der Waals surface area contributed by atoms with Crippen LogP contribution in [-0.4, -0.2) is 41.9 Å². The van der Waals surface area contributed by atoms with Crippen LogP contribution in [0.5, 0.6) is 0 Å². The average Bonchev–Trinajstić information content (AvgIpc) is 2.31. The summed E-state index contributed by atoms with van der Waals surface area (Å²) in [5, 5.41) is 9.16. The maximum atomic E-state index is 9.16. The van der Waals surface area contributed by atoms with E-state index in [0.29, 0.717) is 0 Å². The van der Waals surface area contributed by atoms with Crippen molar-refractivity contribution in [1.29, 1.82) is 0 Å². The first kappa shape index (κ1) is 12.4. The van der Waals surface area contributed by atoms with Crippen molar-refractivity contribution in [3.63, 3.8) is 0 Å². The molecule has 1 aromatic rings. The van der Waals surface area contributed by atoms with Crippen molar-refractivity contribution < 1.29 is 9.84 Å². The van der Waals surface area contributed by atoms with Crippen molar-refractivity contribution >= 4 is 5.69 Å². The van der Waals surface area contributed by atoms with Gasteiger partial charge >= 0.3 is 0 Å². The van der Waals surface area contributed by atoms with Crippen molar-refractivity contribution in [2.45, 2.75) is 25.7 Å². The van der Waals surface area contributed by atoms with Crippen LogP contribution in [-0.2, 0) is 11.3 Å². The lowest BCUT2D eigenvalue weighted by atomic mass is 10.1. The largest absolute Gasteiger partial charge is 0.399 e. The average molecular weight is 236 g/mol. The van der Waals surface area contributed by atoms with Crippen LogP contribution in [0.25, 0.3) is 0 Å². The summed E-state index contributed by atoms with van der Waals surface area (Å²) in [6.07, 6.45) is 0.113. The molecule has 0 aliphatic carbocycles. The number of ether oxygens (including phenoxy) is 1. The quantitative estimate of drug-likeness (QED) is 0.764. The van der Waals surface area contributed by atoms with Crippen LogP contribution in [0.2, 0.25) is 0 Å². The third-order valence-electron chi connectivity index (χ3n) is 2.99. The minimum Gasteiger partial charge on any atom is -0.399 e. The van der Waals surface area contributed by atoms with Gasteiger partial charge in [-0.3, -0.25) is 4.90 Å². The smallest absolute Gasteiger partial charge is 0.0936 e. The van der Waals surface area contributed by atoms with Gasteiger partial charge in [0.2, 0.25) is 0 Å². The van der Waals surface area contributed by atoms with Gasteiger partial charge in [-0.25, -0.2) is 0 Å². The lowest BCUT2D eigenvalue weighted by Crippen LogP contribution is -2.47. The second-order valence-corrected chi connectivity index (χ2v) is 4.69. The summed E-state index contributed by atoms with van der Waals surface area (Å²) in [6.45, 7) is 4.69. The van der Waals surface area contributed by atoms with E-state index < -0.39 is 0 Å². The van der Waals surface area contributed by atoms with Crippen molar-refractivity contribution in [1.82, 2.24) is 4.90 Å². The molecule has 94 valence electrons. The highest BCUT2D eigenvalue weighted by molar-refractivity contribution is 5.39. The van der Waals surface area contributed by atoms with Gasteiger partial charge in [0.15, 0.2) is 0 Å². The molecule has 1 heterocycles. The number of nitrogens with two attached hydrogens (primary N) is 1. The molecule has 0 spiro atoms. The SMILES string of the molecule is CC1CN(Cc2ccc(N)cc2)CC(CO)O1. The van der Waals surface area contributed by atoms with Crippen LogP contribution in [0.4, 0.5) is 5.69 Å². The van der Waals surface area contributed by atoms with Crippen molar-refractivity contribution in [3.8, 4) is 0 Å². The Balaban J connectivity index is 1.95. The molecule has 2 rings (SSSR count). The van der Waals surface area contributed by atoms with Gasteiger partial charge in [0, 0.05) is 25.3 Å². The summed E-state index contributed by atoms with van der Waals surface area (Å²) in [5.74, 6) is 0. The Labute approximate surface area is 102 Å². The molecular formula is C13H20N2O2. The highest BCUT2D eigenvalue weighted by atomic mass is 16.5. The van der Waals surface area contributed by atoms with E-state index in [9.17, 15) is 0 Å². The summed E-state index contributed by atoms with van der Waals surface area (Å²) in [4.78, 5) is 2.31. The van der Waals surface area contributed by atoms with Crippen molar-refractivity contribution in [2.75, 3.05) is 25.4 Å². The predicted octanol–water partition coefficient (Wildman–Crippen LogP) is 0.850. The fourth-order valence-electron chi connectivity index (χ4n) is 2.25. The molecule has 17 heavy (non-hydrogen) atoms. The monoisotopic (exact) mass is 236 g/mol. The van der Waals surface area contributed by atoms with E-state index in [2.05, 4.69) is 4.90 Å². The Morgan fingerprint density at radius 2 is 2.06 bits per heavy atom. The molecule has 4 nitrogen and oxygen atoms in total.